The van der Waals surface area contributed by atoms with Crippen LogP contribution in [0.5, 0.6) is 0 Å². The van der Waals surface area contributed by atoms with Crippen LogP contribution in [0.2, 0.25) is 0 Å². The summed E-state index contributed by atoms with van der Waals surface area (Å²) in [4.78, 5) is 37.5. The van der Waals surface area contributed by atoms with Crippen molar-refractivity contribution in [2.75, 3.05) is 31.7 Å². The third-order valence-corrected chi connectivity index (χ3v) is 3.73. The third-order valence-electron chi connectivity index (χ3n) is 3.73. The largest absolute Gasteiger partial charge is 0.449 e. The summed E-state index contributed by atoms with van der Waals surface area (Å²) in [5, 5.41) is 2.61. The summed E-state index contributed by atoms with van der Waals surface area (Å²) >= 11 is 0. The molecule has 2 amide bonds. The van der Waals surface area contributed by atoms with Crippen molar-refractivity contribution in [2.24, 2.45) is 0 Å². The lowest BCUT2D eigenvalue weighted by molar-refractivity contribution is -0.129. The van der Waals surface area contributed by atoms with E-state index in [1.54, 1.807) is 29.2 Å². The molecule has 0 unspecified atom stereocenters. The van der Waals surface area contributed by atoms with Crippen LogP contribution in [0.3, 0.4) is 0 Å². The standard InChI is InChI=1S/C17H22N2O5/c1-12(16(21)18-8-10-23-2)24-17(22)13-5-3-6-14(11-13)19-9-4-7-15(19)20/h3,5-6,11-12H,4,7-10H2,1-2H3,(H,18,21)/t12-/m0/s1. The number of nitrogens with zero attached hydrogens (tertiary/aromatic N) is 1. The topological polar surface area (TPSA) is 84.9 Å². The molecular weight excluding hydrogens is 312 g/mol. The molecule has 1 aliphatic heterocycles. The molecule has 1 atom stereocenters. The zero-order valence-corrected chi connectivity index (χ0v) is 13.9. The molecule has 1 fully saturated rings. The SMILES string of the molecule is COCCNC(=O)[C@H](C)OC(=O)c1cccc(N2CCCC2=O)c1. The molecule has 1 saturated heterocycles. The summed E-state index contributed by atoms with van der Waals surface area (Å²) in [6, 6.07) is 6.69. The van der Waals surface area contributed by atoms with E-state index in [0.29, 0.717) is 37.4 Å². The molecule has 0 aromatic heterocycles. The Bertz CT molecular complexity index is 617. The van der Waals surface area contributed by atoms with Gasteiger partial charge in [0.25, 0.3) is 5.91 Å². The number of esters is 1. The molecule has 0 bridgehead atoms. The second-order valence-electron chi connectivity index (χ2n) is 5.53. The Morgan fingerprint density at radius 3 is 2.83 bits per heavy atom. The molecule has 1 heterocycles. The van der Waals surface area contributed by atoms with Crippen LogP contribution in [0.4, 0.5) is 5.69 Å². The average Bonchev–Trinajstić information content (AvgIpc) is 3.01. The van der Waals surface area contributed by atoms with Gasteiger partial charge in [-0.25, -0.2) is 4.79 Å². The lowest BCUT2D eigenvalue weighted by Crippen LogP contribution is -2.37. The molecule has 0 saturated carbocycles. The lowest BCUT2D eigenvalue weighted by atomic mass is 10.2. The van der Waals surface area contributed by atoms with Crippen molar-refractivity contribution in [1.29, 1.82) is 0 Å². The molecule has 2 rings (SSSR count). The maximum Gasteiger partial charge on any atom is 0.338 e. The van der Waals surface area contributed by atoms with E-state index in [1.165, 1.54) is 14.0 Å². The predicted octanol–water partition coefficient (Wildman–Crippen LogP) is 1.12. The summed E-state index contributed by atoms with van der Waals surface area (Å²) in [6.07, 6.45) is 0.422. The number of hydrogen-bond acceptors (Lipinski definition) is 5. The number of ether oxygens (including phenoxy) is 2. The van der Waals surface area contributed by atoms with Crippen LogP contribution in [-0.2, 0) is 19.1 Å². The number of carbonyl (C=O) groups is 3. The second-order valence-corrected chi connectivity index (χ2v) is 5.53. The van der Waals surface area contributed by atoms with E-state index in [0.717, 1.165) is 6.42 Å². The van der Waals surface area contributed by atoms with Gasteiger partial charge in [-0.2, -0.15) is 0 Å². The first-order valence-corrected chi connectivity index (χ1v) is 7.91. The van der Waals surface area contributed by atoms with Gasteiger partial charge in [-0.1, -0.05) is 6.07 Å². The Morgan fingerprint density at radius 2 is 2.17 bits per heavy atom. The average molecular weight is 334 g/mol. The van der Waals surface area contributed by atoms with Crippen molar-refractivity contribution in [3.63, 3.8) is 0 Å². The molecule has 0 radical (unpaired) electrons. The Morgan fingerprint density at radius 1 is 1.38 bits per heavy atom. The predicted molar refractivity (Wildman–Crippen MR) is 87.8 cm³/mol. The van der Waals surface area contributed by atoms with Gasteiger partial charge in [0.2, 0.25) is 5.91 Å². The van der Waals surface area contributed by atoms with Gasteiger partial charge < -0.3 is 19.7 Å². The van der Waals surface area contributed by atoms with Crippen LogP contribution in [0.1, 0.15) is 30.1 Å². The minimum atomic E-state index is -0.911. The van der Waals surface area contributed by atoms with Gasteiger partial charge in [-0.05, 0) is 31.5 Å². The van der Waals surface area contributed by atoms with E-state index < -0.39 is 12.1 Å². The molecule has 7 heteroatoms. The van der Waals surface area contributed by atoms with E-state index in [1.807, 2.05) is 0 Å². The number of hydrogen-bond donors (Lipinski definition) is 1. The van der Waals surface area contributed by atoms with Gasteiger partial charge >= 0.3 is 5.97 Å². The minimum absolute atomic E-state index is 0.0476. The van der Waals surface area contributed by atoms with Gasteiger partial charge in [-0.15, -0.1) is 0 Å². The number of anilines is 1. The monoisotopic (exact) mass is 334 g/mol. The smallest absolute Gasteiger partial charge is 0.338 e. The maximum absolute atomic E-state index is 12.2. The normalized spacial score (nSPS) is 15.2. The molecule has 1 aliphatic rings. The first-order chi connectivity index (χ1) is 11.5. The van der Waals surface area contributed by atoms with Crippen LogP contribution in [0.15, 0.2) is 24.3 Å². The highest BCUT2D eigenvalue weighted by Gasteiger charge is 2.23. The molecule has 0 aliphatic carbocycles. The van der Waals surface area contributed by atoms with Crippen molar-refractivity contribution in [1.82, 2.24) is 5.32 Å². The third kappa shape index (κ3) is 4.55. The van der Waals surface area contributed by atoms with Crippen LogP contribution >= 0.6 is 0 Å². The number of methoxy groups -OCH3 is 1. The molecule has 1 N–H and O–H groups in total. The summed E-state index contributed by atoms with van der Waals surface area (Å²) in [5.74, 6) is -0.935. The zero-order chi connectivity index (χ0) is 17.5. The maximum atomic E-state index is 12.2. The first-order valence-electron chi connectivity index (χ1n) is 7.91. The molecule has 24 heavy (non-hydrogen) atoms. The van der Waals surface area contributed by atoms with Crippen molar-refractivity contribution in [3.8, 4) is 0 Å². The number of benzene rings is 1. The molecular formula is C17H22N2O5. The fraction of sp³-hybridized carbons (Fsp3) is 0.471. The fourth-order valence-corrected chi connectivity index (χ4v) is 2.42. The number of nitrogens with one attached hydrogen (secondary N) is 1. The second kappa shape index (κ2) is 8.44. The Balaban J connectivity index is 1.97. The number of rotatable bonds is 7. The minimum Gasteiger partial charge on any atom is -0.449 e. The highest BCUT2D eigenvalue weighted by Crippen LogP contribution is 2.22. The van der Waals surface area contributed by atoms with Gasteiger partial charge in [0.15, 0.2) is 6.10 Å². The molecule has 0 spiro atoms. The van der Waals surface area contributed by atoms with Crippen molar-refractivity contribution >= 4 is 23.5 Å². The summed E-state index contributed by atoms with van der Waals surface area (Å²) in [6.45, 7) is 2.89. The summed E-state index contributed by atoms with van der Waals surface area (Å²) in [7, 11) is 1.54. The van der Waals surface area contributed by atoms with Crippen LogP contribution in [0.25, 0.3) is 0 Å². The highest BCUT2D eigenvalue weighted by molar-refractivity contribution is 5.98. The van der Waals surface area contributed by atoms with Crippen molar-refractivity contribution in [3.05, 3.63) is 29.8 Å². The van der Waals surface area contributed by atoms with Crippen molar-refractivity contribution in [2.45, 2.75) is 25.9 Å². The van der Waals surface area contributed by atoms with Crippen LogP contribution in [-0.4, -0.2) is 50.7 Å². The van der Waals surface area contributed by atoms with E-state index in [-0.39, 0.29) is 11.8 Å². The fourth-order valence-electron chi connectivity index (χ4n) is 2.42. The van der Waals surface area contributed by atoms with E-state index >= 15 is 0 Å². The summed E-state index contributed by atoms with van der Waals surface area (Å²) < 4.78 is 10.0. The van der Waals surface area contributed by atoms with Gasteiger partial charge in [-0.3, -0.25) is 9.59 Å². The van der Waals surface area contributed by atoms with Gasteiger partial charge in [0, 0.05) is 32.3 Å². The van der Waals surface area contributed by atoms with Gasteiger partial charge in [0.05, 0.1) is 12.2 Å². The molecule has 1 aromatic rings. The quantitative estimate of drug-likeness (QED) is 0.597. The van der Waals surface area contributed by atoms with E-state index in [2.05, 4.69) is 5.32 Å². The van der Waals surface area contributed by atoms with Crippen molar-refractivity contribution < 1.29 is 23.9 Å². The Kier molecular flexibility index (Phi) is 6.31. The van der Waals surface area contributed by atoms with E-state index in [9.17, 15) is 14.4 Å². The van der Waals surface area contributed by atoms with Crippen LogP contribution in [0, 0.1) is 0 Å². The Labute approximate surface area is 140 Å². The molecule has 7 nitrogen and oxygen atoms in total. The molecule has 1 aromatic carbocycles. The zero-order valence-electron chi connectivity index (χ0n) is 13.9. The number of amides is 2. The highest BCUT2D eigenvalue weighted by atomic mass is 16.5. The van der Waals surface area contributed by atoms with Crippen LogP contribution < -0.4 is 10.2 Å². The lowest BCUT2D eigenvalue weighted by Gasteiger charge is -2.17. The first kappa shape index (κ1) is 17.9. The molecule has 130 valence electrons. The summed E-state index contributed by atoms with van der Waals surface area (Å²) in [5.41, 5.74) is 0.980. The Hall–Kier alpha value is -2.41. The van der Waals surface area contributed by atoms with E-state index in [4.69, 9.17) is 9.47 Å². The number of carbonyl (C=O) groups excluding carboxylic acids is 3. The van der Waals surface area contributed by atoms with Gasteiger partial charge in [0.1, 0.15) is 0 Å².